The summed E-state index contributed by atoms with van der Waals surface area (Å²) in [7, 11) is 3.73. The van der Waals surface area contributed by atoms with Crippen LogP contribution in [0.25, 0.3) is 0 Å². The van der Waals surface area contributed by atoms with Crippen LogP contribution in [0.15, 0.2) is 18.2 Å². The number of hydrogen-bond donors (Lipinski definition) is 1. The number of fused-ring (bicyclic) bond motifs is 1. The van der Waals surface area contributed by atoms with Crippen LogP contribution in [0.3, 0.4) is 0 Å². The third-order valence-corrected chi connectivity index (χ3v) is 5.74. The smallest absolute Gasteiger partial charge is 0.164 e. The van der Waals surface area contributed by atoms with Crippen LogP contribution in [-0.4, -0.2) is 55.8 Å². The quantitative estimate of drug-likeness (QED) is 0.804. The zero-order valence-corrected chi connectivity index (χ0v) is 17.9. The second-order valence-corrected chi connectivity index (χ2v) is 8.11. The van der Waals surface area contributed by atoms with Crippen molar-refractivity contribution in [2.45, 2.75) is 38.8 Å². The fourth-order valence-electron chi connectivity index (χ4n) is 4.32. The molecule has 0 bridgehead atoms. The lowest BCUT2D eigenvalue weighted by Crippen LogP contribution is -2.40. The molecule has 3 heterocycles. The van der Waals surface area contributed by atoms with Crippen molar-refractivity contribution >= 4 is 5.82 Å². The number of ether oxygens (including phenoxy) is 3. The van der Waals surface area contributed by atoms with Crippen molar-refractivity contribution in [3.8, 4) is 11.5 Å². The van der Waals surface area contributed by atoms with E-state index < -0.39 is 0 Å². The summed E-state index contributed by atoms with van der Waals surface area (Å²) in [6.07, 6.45) is 0.927. The molecule has 4 rings (SSSR count). The molecule has 1 saturated heterocycles. The first-order valence-electron chi connectivity index (χ1n) is 10.5. The van der Waals surface area contributed by atoms with Gasteiger partial charge in [-0.3, -0.25) is 4.68 Å². The maximum absolute atomic E-state index is 6.04. The summed E-state index contributed by atoms with van der Waals surface area (Å²) in [5.74, 6) is 3.28. The molecule has 0 spiro atoms. The van der Waals surface area contributed by atoms with Gasteiger partial charge in [0.05, 0.1) is 26.0 Å². The van der Waals surface area contributed by atoms with Gasteiger partial charge >= 0.3 is 0 Å². The van der Waals surface area contributed by atoms with Gasteiger partial charge < -0.3 is 24.4 Å². The summed E-state index contributed by atoms with van der Waals surface area (Å²) >= 11 is 0. The van der Waals surface area contributed by atoms with Gasteiger partial charge in [-0.25, -0.2) is 0 Å². The molecule has 1 atom stereocenters. The first kappa shape index (κ1) is 20.0. The first-order valence-corrected chi connectivity index (χ1v) is 10.5. The summed E-state index contributed by atoms with van der Waals surface area (Å²) in [5.41, 5.74) is 3.65. The molecule has 0 saturated carbocycles. The van der Waals surface area contributed by atoms with E-state index in [1.54, 1.807) is 7.11 Å². The number of anilines is 1. The Balaban J connectivity index is 1.52. The largest absolute Gasteiger partial charge is 0.493 e. The predicted octanol–water partition coefficient (Wildman–Crippen LogP) is 2.48. The molecular formula is C22H32N4O3. The molecule has 7 heteroatoms. The monoisotopic (exact) mass is 400 g/mol. The normalized spacial score (nSPS) is 19.2. The highest BCUT2D eigenvalue weighted by atomic mass is 16.5. The molecule has 2 aliphatic heterocycles. The van der Waals surface area contributed by atoms with E-state index >= 15 is 0 Å². The second-order valence-electron chi connectivity index (χ2n) is 8.11. The summed E-state index contributed by atoms with van der Waals surface area (Å²) in [6.45, 7) is 9.18. The molecule has 29 heavy (non-hydrogen) atoms. The molecule has 1 unspecified atom stereocenters. The Kier molecular flexibility index (Phi) is 5.96. The minimum Gasteiger partial charge on any atom is -0.493 e. The third-order valence-electron chi connectivity index (χ3n) is 5.74. The van der Waals surface area contributed by atoms with E-state index in [1.165, 1.54) is 22.6 Å². The van der Waals surface area contributed by atoms with E-state index in [4.69, 9.17) is 19.3 Å². The van der Waals surface area contributed by atoms with E-state index in [0.29, 0.717) is 12.5 Å². The Bertz CT molecular complexity index is 843. The topological polar surface area (TPSA) is 60.8 Å². The minimum absolute atomic E-state index is 0.257. The zero-order valence-electron chi connectivity index (χ0n) is 17.9. The maximum Gasteiger partial charge on any atom is 0.164 e. The van der Waals surface area contributed by atoms with Crippen LogP contribution in [-0.2, 0) is 24.8 Å². The van der Waals surface area contributed by atoms with E-state index in [2.05, 4.69) is 30.1 Å². The van der Waals surface area contributed by atoms with Crippen molar-refractivity contribution in [2.75, 3.05) is 44.9 Å². The number of rotatable bonds is 6. The predicted molar refractivity (Wildman–Crippen MR) is 113 cm³/mol. The molecule has 1 fully saturated rings. The van der Waals surface area contributed by atoms with Gasteiger partial charge in [0.1, 0.15) is 12.4 Å². The van der Waals surface area contributed by atoms with Crippen LogP contribution >= 0.6 is 0 Å². The van der Waals surface area contributed by atoms with E-state index in [9.17, 15) is 0 Å². The molecule has 0 amide bonds. The molecular weight excluding hydrogens is 368 g/mol. The summed E-state index contributed by atoms with van der Waals surface area (Å²) in [4.78, 5) is 2.40. The Morgan fingerprint density at radius 1 is 1.28 bits per heavy atom. The second kappa shape index (κ2) is 8.63. The highest BCUT2D eigenvalue weighted by molar-refractivity contribution is 5.52. The number of para-hydroxylation sites is 1. The third kappa shape index (κ3) is 4.07. The number of methoxy groups -OCH3 is 1. The Labute approximate surface area is 172 Å². The van der Waals surface area contributed by atoms with Crippen LogP contribution in [0.2, 0.25) is 0 Å². The van der Waals surface area contributed by atoms with Crippen LogP contribution in [0, 0.1) is 0 Å². The number of morpholine rings is 1. The molecule has 2 aliphatic rings. The Hall–Kier alpha value is -2.25. The van der Waals surface area contributed by atoms with E-state index in [1.807, 2.05) is 23.9 Å². The average molecular weight is 401 g/mol. The van der Waals surface area contributed by atoms with Crippen LogP contribution in [0.5, 0.6) is 11.5 Å². The van der Waals surface area contributed by atoms with Gasteiger partial charge in [0.2, 0.25) is 0 Å². The van der Waals surface area contributed by atoms with Crippen molar-refractivity contribution in [1.29, 1.82) is 0 Å². The Morgan fingerprint density at radius 3 is 2.79 bits per heavy atom. The molecule has 7 nitrogen and oxygen atoms in total. The number of benzene rings is 1. The van der Waals surface area contributed by atoms with Crippen molar-refractivity contribution in [1.82, 2.24) is 15.1 Å². The average Bonchev–Trinajstić information content (AvgIpc) is 3.08. The van der Waals surface area contributed by atoms with Gasteiger partial charge in [0.25, 0.3) is 0 Å². The van der Waals surface area contributed by atoms with Gasteiger partial charge in [0.15, 0.2) is 11.5 Å². The molecule has 1 aromatic carbocycles. The van der Waals surface area contributed by atoms with Crippen LogP contribution < -0.4 is 19.7 Å². The molecule has 2 aromatic rings. The summed E-state index contributed by atoms with van der Waals surface area (Å²) in [6, 6.07) is 6.35. The standard InChI is InChI=1S/C22H32N4O3/c1-15(2)20-18(22(25(3)24-20)26-8-10-28-11-9-26)13-23-17-12-16-6-5-7-19(27-4)21(16)29-14-17/h5-7,15,17,23H,8-14H2,1-4H3. The molecule has 0 aliphatic carbocycles. The maximum atomic E-state index is 6.04. The number of aromatic nitrogens is 2. The molecule has 158 valence electrons. The van der Waals surface area contributed by atoms with E-state index in [-0.39, 0.29) is 6.04 Å². The fourth-order valence-corrected chi connectivity index (χ4v) is 4.32. The lowest BCUT2D eigenvalue weighted by molar-refractivity contribution is 0.122. The van der Waals surface area contributed by atoms with Crippen molar-refractivity contribution in [2.24, 2.45) is 7.05 Å². The fraction of sp³-hybridized carbons (Fsp3) is 0.591. The van der Waals surface area contributed by atoms with Gasteiger partial charge in [-0.1, -0.05) is 26.0 Å². The van der Waals surface area contributed by atoms with Gasteiger partial charge in [-0.15, -0.1) is 0 Å². The van der Waals surface area contributed by atoms with E-state index in [0.717, 1.165) is 50.8 Å². The summed E-state index contributed by atoms with van der Waals surface area (Å²) < 4.78 is 19.1. The van der Waals surface area contributed by atoms with Gasteiger partial charge in [0, 0.05) is 38.3 Å². The van der Waals surface area contributed by atoms with Gasteiger partial charge in [-0.05, 0) is 24.0 Å². The first-order chi connectivity index (χ1) is 14.1. The number of nitrogens with one attached hydrogen (secondary N) is 1. The van der Waals surface area contributed by atoms with Crippen LogP contribution in [0.4, 0.5) is 5.82 Å². The SMILES string of the molecule is COc1cccc2c1OCC(NCc1c(C(C)C)nn(C)c1N1CCOCC1)C2. The van der Waals surface area contributed by atoms with Crippen molar-refractivity contribution in [3.05, 3.63) is 35.0 Å². The summed E-state index contributed by atoms with van der Waals surface area (Å²) in [5, 5.41) is 8.58. The zero-order chi connectivity index (χ0) is 20.4. The lowest BCUT2D eigenvalue weighted by atomic mass is 10.0. The van der Waals surface area contributed by atoms with Gasteiger partial charge in [-0.2, -0.15) is 5.10 Å². The van der Waals surface area contributed by atoms with Crippen molar-refractivity contribution < 1.29 is 14.2 Å². The molecule has 0 radical (unpaired) electrons. The number of nitrogens with zero attached hydrogens (tertiary/aromatic N) is 3. The van der Waals surface area contributed by atoms with Crippen LogP contribution in [0.1, 0.15) is 36.6 Å². The van der Waals surface area contributed by atoms with Crippen molar-refractivity contribution in [3.63, 3.8) is 0 Å². The number of aryl methyl sites for hydroxylation is 1. The molecule has 1 N–H and O–H groups in total. The lowest BCUT2D eigenvalue weighted by Gasteiger charge is -2.31. The highest BCUT2D eigenvalue weighted by Gasteiger charge is 2.27. The number of hydrogen-bond acceptors (Lipinski definition) is 6. The Morgan fingerprint density at radius 2 is 2.07 bits per heavy atom. The minimum atomic E-state index is 0.257. The molecule has 1 aromatic heterocycles. The highest BCUT2D eigenvalue weighted by Crippen LogP contribution is 2.35.